The molecule has 1 fully saturated rings. The maximum Gasteiger partial charge on any atom is 0.166 e. The molecular weight excluding hydrogens is 414 g/mol. The highest BCUT2D eigenvalue weighted by atomic mass is 35.5. The van der Waals surface area contributed by atoms with E-state index in [0.29, 0.717) is 36.1 Å². The van der Waals surface area contributed by atoms with Crippen molar-refractivity contribution >= 4 is 24.8 Å². The fourth-order valence-electron chi connectivity index (χ4n) is 3.40. The Morgan fingerprint density at radius 1 is 1.00 bits per heavy atom. The first-order valence-corrected chi connectivity index (χ1v) is 9.80. The van der Waals surface area contributed by atoms with Gasteiger partial charge in [-0.1, -0.05) is 30.3 Å². The molecule has 1 aliphatic heterocycles. The summed E-state index contributed by atoms with van der Waals surface area (Å²) in [6.07, 6.45) is 2.42. The lowest BCUT2D eigenvalue weighted by molar-refractivity contribution is 0.262. The van der Waals surface area contributed by atoms with Crippen LogP contribution < -0.4 is 20.1 Å². The van der Waals surface area contributed by atoms with Crippen LogP contribution in [0, 0.1) is 11.7 Å². The molecule has 0 radical (unpaired) electrons. The second kappa shape index (κ2) is 13.6. The molecule has 0 amide bonds. The highest BCUT2D eigenvalue weighted by molar-refractivity contribution is 5.85. The number of para-hydroxylation sites is 1. The van der Waals surface area contributed by atoms with Crippen LogP contribution in [-0.4, -0.2) is 26.2 Å². The summed E-state index contributed by atoms with van der Waals surface area (Å²) in [4.78, 5) is 0. The largest absolute Gasteiger partial charge is 0.490 e. The first-order valence-electron chi connectivity index (χ1n) is 9.80. The zero-order valence-electron chi connectivity index (χ0n) is 16.8. The van der Waals surface area contributed by atoms with E-state index in [1.807, 2.05) is 31.2 Å². The third-order valence-electron chi connectivity index (χ3n) is 4.90. The van der Waals surface area contributed by atoms with E-state index < -0.39 is 0 Å². The zero-order chi connectivity index (χ0) is 18.9. The average Bonchev–Trinajstić information content (AvgIpc) is 2.70. The molecule has 0 spiro atoms. The molecule has 0 atom stereocenters. The van der Waals surface area contributed by atoms with Crippen LogP contribution in [0.1, 0.15) is 30.9 Å². The van der Waals surface area contributed by atoms with E-state index in [9.17, 15) is 4.39 Å². The Bertz CT molecular complexity index is 728. The fourth-order valence-corrected chi connectivity index (χ4v) is 3.40. The molecule has 1 aliphatic rings. The first kappa shape index (κ1) is 25.5. The monoisotopic (exact) mass is 444 g/mol. The summed E-state index contributed by atoms with van der Waals surface area (Å²) in [5, 5.41) is 6.95. The van der Waals surface area contributed by atoms with Crippen molar-refractivity contribution in [3.8, 4) is 11.5 Å². The van der Waals surface area contributed by atoms with Crippen LogP contribution in [0.3, 0.4) is 0 Å². The van der Waals surface area contributed by atoms with E-state index >= 15 is 0 Å². The highest BCUT2D eigenvalue weighted by Crippen LogP contribution is 2.32. The number of nitrogens with one attached hydrogen (secondary N) is 2. The summed E-state index contributed by atoms with van der Waals surface area (Å²) in [5.74, 6) is 1.86. The molecule has 0 aromatic heterocycles. The average molecular weight is 445 g/mol. The smallest absolute Gasteiger partial charge is 0.166 e. The molecule has 3 rings (SSSR count). The number of piperidine rings is 1. The van der Waals surface area contributed by atoms with Crippen LogP contribution in [0.15, 0.2) is 42.5 Å². The van der Waals surface area contributed by atoms with Gasteiger partial charge in [0.25, 0.3) is 0 Å². The third-order valence-corrected chi connectivity index (χ3v) is 4.90. The standard InChI is InChI=1S/C22H29FN2O2.2ClH/c1-2-26-21-9-5-7-18(15-25-14-17-10-12-24-13-11-17)22(21)27-16-19-6-3-4-8-20(19)23;;/h3-9,17,24-25H,2,10-16H2,1H3;2*1H. The Morgan fingerprint density at radius 3 is 2.45 bits per heavy atom. The predicted molar refractivity (Wildman–Crippen MR) is 120 cm³/mol. The zero-order valence-corrected chi connectivity index (χ0v) is 18.4. The molecule has 4 nitrogen and oxygen atoms in total. The molecule has 2 N–H and O–H groups in total. The molecule has 29 heavy (non-hydrogen) atoms. The predicted octanol–water partition coefficient (Wildman–Crippen LogP) is 4.74. The lowest BCUT2D eigenvalue weighted by atomic mass is 9.98. The number of rotatable bonds is 9. The van der Waals surface area contributed by atoms with Crippen LogP contribution in [0.4, 0.5) is 4.39 Å². The number of ether oxygens (including phenoxy) is 2. The number of hydrogen-bond donors (Lipinski definition) is 2. The molecule has 2 aromatic carbocycles. The summed E-state index contributed by atoms with van der Waals surface area (Å²) < 4.78 is 25.7. The Hall–Kier alpha value is -1.53. The third kappa shape index (κ3) is 7.67. The summed E-state index contributed by atoms with van der Waals surface area (Å²) in [5.41, 5.74) is 1.57. The summed E-state index contributed by atoms with van der Waals surface area (Å²) in [7, 11) is 0. The van der Waals surface area contributed by atoms with E-state index in [4.69, 9.17) is 9.47 Å². The van der Waals surface area contributed by atoms with Crippen LogP contribution in [0.2, 0.25) is 0 Å². The van der Waals surface area contributed by atoms with Crippen molar-refractivity contribution in [3.63, 3.8) is 0 Å². The van der Waals surface area contributed by atoms with Gasteiger partial charge in [-0.05, 0) is 57.5 Å². The van der Waals surface area contributed by atoms with Gasteiger partial charge in [0.2, 0.25) is 0 Å². The SMILES string of the molecule is CCOc1cccc(CNCC2CCNCC2)c1OCc1ccccc1F.Cl.Cl. The van der Waals surface area contributed by atoms with Gasteiger partial charge in [-0.2, -0.15) is 0 Å². The highest BCUT2D eigenvalue weighted by Gasteiger charge is 2.15. The van der Waals surface area contributed by atoms with Gasteiger partial charge in [0, 0.05) is 17.7 Å². The number of hydrogen-bond acceptors (Lipinski definition) is 4. The molecule has 0 aliphatic carbocycles. The van der Waals surface area contributed by atoms with Gasteiger partial charge in [-0.3, -0.25) is 0 Å². The van der Waals surface area contributed by atoms with Crippen molar-refractivity contribution in [2.75, 3.05) is 26.2 Å². The Labute approximate surface area is 185 Å². The summed E-state index contributed by atoms with van der Waals surface area (Å²) in [6, 6.07) is 12.6. The minimum atomic E-state index is -0.253. The van der Waals surface area contributed by atoms with Gasteiger partial charge in [-0.25, -0.2) is 4.39 Å². The van der Waals surface area contributed by atoms with E-state index in [1.54, 1.807) is 12.1 Å². The molecule has 2 aromatic rings. The second-order valence-corrected chi connectivity index (χ2v) is 6.88. The fraction of sp³-hybridized carbons (Fsp3) is 0.455. The van der Waals surface area contributed by atoms with Crippen molar-refractivity contribution in [2.45, 2.75) is 32.9 Å². The van der Waals surface area contributed by atoms with E-state index in [0.717, 1.165) is 25.2 Å². The molecular formula is C22H31Cl2FN2O2. The maximum absolute atomic E-state index is 13.9. The van der Waals surface area contributed by atoms with Crippen molar-refractivity contribution in [1.82, 2.24) is 10.6 Å². The lowest BCUT2D eigenvalue weighted by Crippen LogP contribution is -2.33. The van der Waals surface area contributed by atoms with Gasteiger partial charge in [0.05, 0.1) is 6.61 Å². The second-order valence-electron chi connectivity index (χ2n) is 6.88. The summed E-state index contributed by atoms with van der Waals surface area (Å²) >= 11 is 0. The van der Waals surface area contributed by atoms with Crippen molar-refractivity contribution in [2.24, 2.45) is 5.92 Å². The van der Waals surface area contributed by atoms with Gasteiger partial charge in [0.1, 0.15) is 12.4 Å². The minimum absolute atomic E-state index is 0. The quantitative estimate of drug-likeness (QED) is 0.586. The maximum atomic E-state index is 13.9. The molecule has 7 heteroatoms. The molecule has 162 valence electrons. The van der Waals surface area contributed by atoms with Crippen LogP contribution >= 0.6 is 24.8 Å². The Morgan fingerprint density at radius 2 is 1.72 bits per heavy atom. The van der Waals surface area contributed by atoms with Gasteiger partial charge >= 0.3 is 0 Å². The van der Waals surface area contributed by atoms with Gasteiger partial charge < -0.3 is 20.1 Å². The van der Waals surface area contributed by atoms with Crippen LogP contribution in [-0.2, 0) is 13.2 Å². The molecule has 1 saturated heterocycles. The minimum Gasteiger partial charge on any atom is -0.490 e. The molecule has 0 bridgehead atoms. The van der Waals surface area contributed by atoms with E-state index in [1.165, 1.54) is 18.9 Å². The Balaban J connectivity index is 0.00000210. The van der Waals surface area contributed by atoms with Crippen LogP contribution in [0.25, 0.3) is 0 Å². The van der Waals surface area contributed by atoms with Crippen molar-refractivity contribution in [3.05, 3.63) is 59.4 Å². The number of benzene rings is 2. The number of halogens is 3. The van der Waals surface area contributed by atoms with E-state index in [2.05, 4.69) is 10.6 Å². The topological polar surface area (TPSA) is 42.5 Å². The lowest BCUT2D eigenvalue weighted by Gasteiger charge is -2.23. The normalized spacial score (nSPS) is 13.9. The van der Waals surface area contributed by atoms with Crippen molar-refractivity contribution < 1.29 is 13.9 Å². The summed E-state index contributed by atoms with van der Waals surface area (Å²) in [6.45, 7) is 6.58. The van der Waals surface area contributed by atoms with Crippen LogP contribution in [0.5, 0.6) is 11.5 Å². The van der Waals surface area contributed by atoms with Crippen molar-refractivity contribution in [1.29, 1.82) is 0 Å². The first-order chi connectivity index (χ1) is 13.3. The molecule has 0 unspecified atom stereocenters. The van der Waals surface area contributed by atoms with E-state index in [-0.39, 0.29) is 37.2 Å². The Kier molecular flexibility index (Phi) is 12.0. The van der Waals surface area contributed by atoms with Gasteiger partial charge in [0.15, 0.2) is 11.5 Å². The molecule has 0 saturated carbocycles. The molecule has 1 heterocycles. The van der Waals surface area contributed by atoms with Gasteiger partial charge in [-0.15, -0.1) is 24.8 Å².